The molecular weight excluding hydrogens is 542 g/mol. The molecule has 3 aromatic carbocycles. The SMILES string of the molecule is CCCNC(=O)[C@H](C)N(Cc1cccc(OC)c1)C(=O)CN(c1ccc(C)cc1)S(=O)(=O)c1ccc(OCC)cc1. The molecular formula is C31H39N3O6S. The molecule has 0 radical (unpaired) electrons. The van der Waals surface area contributed by atoms with E-state index in [4.69, 9.17) is 9.47 Å². The highest BCUT2D eigenvalue weighted by molar-refractivity contribution is 7.92. The smallest absolute Gasteiger partial charge is 0.264 e. The molecule has 1 atom stereocenters. The Bertz CT molecular complexity index is 1410. The van der Waals surface area contributed by atoms with Crippen molar-refractivity contribution in [2.24, 2.45) is 0 Å². The summed E-state index contributed by atoms with van der Waals surface area (Å²) >= 11 is 0. The number of carbonyl (C=O) groups is 2. The van der Waals surface area contributed by atoms with E-state index < -0.39 is 28.5 Å². The van der Waals surface area contributed by atoms with Crippen molar-refractivity contribution in [1.82, 2.24) is 10.2 Å². The predicted octanol–water partition coefficient (Wildman–Crippen LogP) is 4.54. The Hall–Kier alpha value is -4.05. The summed E-state index contributed by atoms with van der Waals surface area (Å²) in [5, 5.41) is 2.84. The molecule has 9 nitrogen and oxygen atoms in total. The topological polar surface area (TPSA) is 105 Å². The Morgan fingerprint density at radius 2 is 1.63 bits per heavy atom. The molecule has 41 heavy (non-hydrogen) atoms. The molecule has 0 fully saturated rings. The number of hydrogen-bond donors (Lipinski definition) is 1. The van der Waals surface area contributed by atoms with Gasteiger partial charge >= 0.3 is 0 Å². The first-order chi connectivity index (χ1) is 19.6. The fourth-order valence-corrected chi connectivity index (χ4v) is 5.60. The number of carbonyl (C=O) groups excluding carboxylic acids is 2. The average molecular weight is 582 g/mol. The summed E-state index contributed by atoms with van der Waals surface area (Å²) in [5.74, 6) is 0.305. The van der Waals surface area contributed by atoms with Crippen LogP contribution in [0, 0.1) is 6.92 Å². The molecule has 0 saturated heterocycles. The second-order valence-corrected chi connectivity index (χ2v) is 11.5. The van der Waals surface area contributed by atoms with E-state index in [1.165, 1.54) is 17.0 Å². The van der Waals surface area contributed by atoms with Crippen LogP contribution in [0.1, 0.15) is 38.3 Å². The summed E-state index contributed by atoms with van der Waals surface area (Å²) in [5.41, 5.74) is 2.02. The highest BCUT2D eigenvalue weighted by Crippen LogP contribution is 2.26. The minimum Gasteiger partial charge on any atom is -0.497 e. The fourth-order valence-electron chi connectivity index (χ4n) is 4.19. The van der Waals surface area contributed by atoms with Crippen LogP contribution in [0.15, 0.2) is 77.7 Å². The van der Waals surface area contributed by atoms with Crippen LogP contribution in [-0.4, -0.2) is 58.0 Å². The maximum Gasteiger partial charge on any atom is 0.264 e. The van der Waals surface area contributed by atoms with Crippen molar-refractivity contribution >= 4 is 27.5 Å². The Labute approximate surface area is 243 Å². The molecule has 0 aliphatic carbocycles. The lowest BCUT2D eigenvalue weighted by Crippen LogP contribution is -2.51. The lowest BCUT2D eigenvalue weighted by Gasteiger charge is -2.32. The Kier molecular flexibility index (Phi) is 11.2. The van der Waals surface area contributed by atoms with Gasteiger partial charge in [-0.05, 0) is 81.3 Å². The van der Waals surface area contributed by atoms with Crippen molar-refractivity contribution in [2.45, 2.75) is 51.6 Å². The first-order valence-corrected chi connectivity index (χ1v) is 15.1. The molecule has 3 rings (SSSR count). The Balaban J connectivity index is 2.01. The quantitative estimate of drug-likeness (QED) is 0.300. The van der Waals surface area contributed by atoms with E-state index in [-0.39, 0.29) is 17.3 Å². The number of hydrogen-bond acceptors (Lipinski definition) is 6. The van der Waals surface area contributed by atoms with Gasteiger partial charge in [0.25, 0.3) is 10.0 Å². The molecule has 0 saturated carbocycles. The van der Waals surface area contributed by atoms with Crippen LogP contribution >= 0.6 is 0 Å². The van der Waals surface area contributed by atoms with E-state index in [1.54, 1.807) is 68.6 Å². The molecule has 3 aromatic rings. The van der Waals surface area contributed by atoms with Gasteiger partial charge in [-0.1, -0.05) is 36.8 Å². The van der Waals surface area contributed by atoms with Crippen molar-refractivity contribution in [2.75, 3.05) is 31.1 Å². The first kappa shape index (κ1) is 31.5. The Morgan fingerprint density at radius 1 is 0.951 bits per heavy atom. The van der Waals surface area contributed by atoms with E-state index in [9.17, 15) is 18.0 Å². The number of rotatable bonds is 14. The third kappa shape index (κ3) is 8.23. The second-order valence-electron chi connectivity index (χ2n) is 9.59. The standard InChI is InChI=1S/C31H39N3O6S/c1-6-19-32-31(36)24(4)33(21-25-9-8-10-28(20-25)39-5)30(35)22-34(26-13-11-23(3)12-14-26)41(37,38)29-17-15-27(16-18-29)40-7-2/h8-18,20,24H,6-7,19,21-22H2,1-5H3,(H,32,36)/t24-/m0/s1. The summed E-state index contributed by atoms with van der Waals surface area (Å²) in [6.45, 7) is 7.81. The molecule has 0 aromatic heterocycles. The van der Waals surface area contributed by atoms with E-state index in [0.29, 0.717) is 30.3 Å². The van der Waals surface area contributed by atoms with Gasteiger partial charge in [-0.2, -0.15) is 0 Å². The minimum absolute atomic E-state index is 0.0161. The number of methoxy groups -OCH3 is 1. The molecule has 0 unspecified atom stereocenters. The molecule has 10 heteroatoms. The van der Waals surface area contributed by atoms with Crippen LogP contribution in [0.5, 0.6) is 11.5 Å². The number of ether oxygens (including phenoxy) is 2. The molecule has 2 amide bonds. The molecule has 220 valence electrons. The van der Waals surface area contributed by atoms with Crippen molar-refractivity contribution in [1.29, 1.82) is 0 Å². The zero-order valence-electron chi connectivity index (χ0n) is 24.3. The summed E-state index contributed by atoms with van der Waals surface area (Å²) in [6.07, 6.45) is 0.740. The van der Waals surface area contributed by atoms with E-state index in [0.717, 1.165) is 21.9 Å². The maximum atomic E-state index is 14.0. The highest BCUT2D eigenvalue weighted by Gasteiger charge is 2.32. The van der Waals surface area contributed by atoms with Crippen LogP contribution in [0.2, 0.25) is 0 Å². The van der Waals surface area contributed by atoms with Gasteiger partial charge in [0.1, 0.15) is 24.1 Å². The van der Waals surface area contributed by atoms with Crippen LogP contribution < -0.4 is 19.1 Å². The molecule has 0 heterocycles. The number of nitrogens with one attached hydrogen (secondary N) is 1. The third-order valence-corrected chi connectivity index (χ3v) is 8.32. The summed E-state index contributed by atoms with van der Waals surface area (Å²) < 4.78 is 39.8. The number of nitrogens with zero attached hydrogens (tertiary/aromatic N) is 2. The number of aryl methyl sites for hydroxylation is 1. The maximum absolute atomic E-state index is 14.0. The highest BCUT2D eigenvalue weighted by atomic mass is 32.2. The predicted molar refractivity (Wildman–Crippen MR) is 160 cm³/mol. The van der Waals surface area contributed by atoms with Gasteiger partial charge < -0.3 is 19.7 Å². The van der Waals surface area contributed by atoms with Gasteiger partial charge in [-0.25, -0.2) is 8.42 Å². The van der Waals surface area contributed by atoms with Crippen molar-refractivity contribution < 1.29 is 27.5 Å². The molecule has 0 aliphatic rings. The Morgan fingerprint density at radius 3 is 2.24 bits per heavy atom. The third-order valence-electron chi connectivity index (χ3n) is 6.53. The zero-order chi connectivity index (χ0) is 30.0. The summed E-state index contributed by atoms with van der Waals surface area (Å²) in [4.78, 5) is 28.4. The lowest BCUT2D eigenvalue weighted by atomic mass is 10.1. The first-order valence-electron chi connectivity index (χ1n) is 13.6. The largest absolute Gasteiger partial charge is 0.497 e. The van der Waals surface area contributed by atoms with E-state index in [2.05, 4.69) is 5.32 Å². The number of sulfonamides is 1. The van der Waals surface area contributed by atoms with Gasteiger partial charge in [-0.3, -0.25) is 13.9 Å². The monoisotopic (exact) mass is 581 g/mol. The second kappa shape index (κ2) is 14.5. The van der Waals surface area contributed by atoms with Gasteiger partial charge in [0.05, 0.1) is 24.3 Å². The van der Waals surface area contributed by atoms with Gasteiger partial charge in [-0.15, -0.1) is 0 Å². The van der Waals surface area contributed by atoms with Gasteiger partial charge in [0, 0.05) is 13.1 Å². The summed E-state index contributed by atoms with van der Waals surface area (Å²) in [7, 11) is -2.61. The van der Waals surface area contributed by atoms with Crippen LogP contribution in [0.3, 0.4) is 0 Å². The summed E-state index contributed by atoms with van der Waals surface area (Å²) in [6, 6.07) is 19.3. The lowest BCUT2D eigenvalue weighted by molar-refractivity contribution is -0.139. The normalized spacial score (nSPS) is 11.8. The number of benzene rings is 3. The molecule has 0 aliphatic heterocycles. The fraction of sp³-hybridized carbons (Fsp3) is 0.355. The minimum atomic E-state index is -4.16. The number of anilines is 1. The van der Waals surface area contributed by atoms with Crippen molar-refractivity contribution in [3.8, 4) is 11.5 Å². The molecule has 0 bridgehead atoms. The van der Waals surface area contributed by atoms with Crippen LogP contribution in [0.25, 0.3) is 0 Å². The zero-order valence-corrected chi connectivity index (χ0v) is 25.1. The molecule has 1 N–H and O–H groups in total. The van der Waals surface area contributed by atoms with Crippen molar-refractivity contribution in [3.63, 3.8) is 0 Å². The molecule has 0 spiro atoms. The van der Waals surface area contributed by atoms with Gasteiger partial charge in [0.15, 0.2) is 0 Å². The van der Waals surface area contributed by atoms with E-state index in [1.807, 2.05) is 26.8 Å². The van der Waals surface area contributed by atoms with Crippen LogP contribution in [0.4, 0.5) is 5.69 Å². The number of amides is 2. The van der Waals surface area contributed by atoms with Crippen molar-refractivity contribution in [3.05, 3.63) is 83.9 Å². The average Bonchev–Trinajstić information content (AvgIpc) is 2.98. The van der Waals surface area contributed by atoms with Gasteiger partial charge in [0.2, 0.25) is 11.8 Å². The van der Waals surface area contributed by atoms with Crippen LogP contribution in [-0.2, 0) is 26.2 Å². The van der Waals surface area contributed by atoms with E-state index >= 15 is 0 Å².